The molecule has 3 fully saturated rings. The van der Waals surface area contributed by atoms with Crippen LogP contribution in [0, 0.1) is 23.0 Å². The fraction of sp³-hybridized carbons (Fsp3) is 0.500. The van der Waals surface area contributed by atoms with Crippen LogP contribution in [0.15, 0.2) is 18.2 Å². The molecule has 7 rings (SSSR count). The Morgan fingerprint density at radius 1 is 1.04 bits per heavy atom. The first-order chi connectivity index (χ1) is 26.6. The van der Waals surface area contributed by atoms with Crippen LogP contribution in [0.5, 0.6) is 6.01 Å². The van der Waals surface area contributed by atoms with Gasteiger partial charge in [0.05, 0.1) is 41.1 Å². The van der Waals surface area contributed by atoms with Gasteiger partial charge in [0.1, 0.15) is 46.0 Å². The summed E-state index contributed by atoms with van der Waals surface area (Å²) in [7, 11) is 0. The van der Waals surface area contributed by atoms with Crippen molar-refractivity contribution in [2.45, 2.75) is 89.5 Å². The summed E-state index contributed by atoms with van der Waals surface area (Å²) >= 11 is 0.564. The molecule has 2 unspecified atom stereocenters. The summed E-state index contributed by atoms with van der Waals surface area (Å²) in [5, 5.41) is 11.6. The molecule has 0 spiro atoms. The van der Waals surface area contributed by atoms with E-state index in [0.717, 1.165) is 12.1 Å². The van der Waals surface area contributed by atoms with Crippen molar-refractivity contribution in [3.63, 3.8) is 0 Å². The number of hydrogen-bond acceptors (Lipinski definition) is 11. The third-order valence-corrected chi connectivity index (χ3v) is 10.7. The number of piperazine rings is 1. The van der Waals surface area contributed by atoms with E-state index in [1.54, 1.807) is 51.3 Å². The molecule has 4 aromatic rings. The average Bonchev–Trinajstić information content (AvgIpc) is 3.58. The van der Waals surface area contributed by atoms with E-state index in [2.05, 4.69) is 15.3 Å². The van der Waals surface area contributed by atoms with E-state index in [1.807, 2.05) is 6.07 Å². The fourth-order valence-corrected chi connectivity index (χ4v) is 8.31. The molecule has 3 saturated heterocycles. The average molecular weight is 821 g/mol. The van der Waals surface area contributed by atoms with E-state index in [1.165, 1.54) is 0 Å². The van der Waals surface area contributed by atoms with Gasteiger partial charge in [-0.2, -0.15) is 28.4 Å². The second-order valence-electron chi connectivity index (χ2n) is 16.3. The molecule has 12 nitrogen and oxygen atoms in total. The number of ether oxygens (including phenoxy) is 4. The van der Waals surface area contributed by atoms with E-state index in [-0.39, 0.29) is 52.6 Å². The van der Waals surface area contributed by atoms with Crippen molar-refractivity contribution < 1.29 is 54.9 Å². The molecular weight excluding hydrogens is 783 g/mol. The van der Waals surface area contributed by atoms with Crippen molar-refractivity contribution in [2.24, 2.45) is 0 Å². The van der Waals surface area contributed by atoms with Gasteiger partial charge in [-0.1, -0.05) is 6.07 Å². The normalized spacial score (nSPS) is 19.4. The number of nitriles is 1. The van der Waals surface area contributed by atoms with Crippen molar-refractivity contribution in [2.75, 3.05) is 43.1 Å². The van der Waals surface area contributed by atoms with Crippen LogP contribution in [-0.4, -0.2) is 88.9 Å². The Balaban J connectivity index is 1.40. The number of benzene rings is 2. The van der Waals surface area contributed by atoms with Crippen LogP contribution in [0.1, 0.15) is 65.5 Å². The highest BCUT2D eigenvalue weighted by molar-refractivity contribution is 7.23. The first-order valence-corrected chi connectivity index (χ1v) is 18.8. The summed E-state index contributed by atoms with van der Waals surface area (Å²) in [6, 6.07) is 2.85. The van der Waals surface area contributed by atoms with Crippen LogP contribution >= 0.6 is 11.3 Å². The molecule has 5 heterocycles. The lowest BCUT2D eigenvalue weighted by atomic mass is 9.92. The van der Waals surface area contributed by atoms with Crippen molar-refractivity contribution in [1.29, 1.82) is 5.26 Å². The number of fused-ring (bicyclic) bond motifs is 4. The molecule has 0 radical (unpaired) electrons. The highest BCUT2D eigenvalue weighted by Crippen LogP contribution is 2.49. The number of carbonyl (C=O) groups excluding carboxylic acids is 2. The molecule has 2 atom stereocenters. The van der Waals surface area contributed by atoms with Gasteiger partial charge in [0, 0.05) is 29.4 Å². The van der Waals surface area contributed by atoms with Crippen molar-refractivity contribution in [3.8, 4) is 23.2 Å². The van der Waals surface area contributed by atoms with Gasteiger partial charge in [-0.05, 0) is 72.1 Å². The zero-order valence-corrected chi connectivity index (χ0v) is 32.5. The number of thiophene rings is 1. The number of nitrogens with one attached hydrogen (secondary N) is 1. The Labute approximate surface area is 326 Å². The van der Waals surface area contributed by atoms with Crippen LogP contribution in [-0.2, 0) is 20.4 Å². The molecule has 2 amide bonds. The van der Waals surface area contributed by atoms with Crippen LogP contribution in [0.3, 0.4) is 0 Å². The van der Waals surface area contributed by atoms with Gasteiger partial charge in [-0.25, -0.2) is 22.8 Å². The number of rotatable bonds is 6. The van der Waals surface area contributed by atoms with E-state index in [0.29, 0.717) is 30.2 Å². The van der Waals surface area contributed by atoms with Crippen molar-refractivity contribution >= 4 is 55.3 Å². The summed E-state index contributed by atoms with van der Waals surface area (Å²) < 4.78 is 114. The third kappa shape index (κ3) is 7.81. The summed E-state index contributed by atoms with van der Waals surface area (Å²) in [6.07, 6.45) is -5.68. The van der Waals surface area contributed by atoms with Gasteiger partial charge in [-0.15, -0.1) is 11.3 Å². The summed E-state index contributed by atoms with van der Waals surface area (Å²) in [4.78, 5) is 37.6. The molecule has 2 aromatic heterocycles. The molecule has 1 N–H and O–H groups in total. The van der Waals surface area contributed by atoms with Crippen molar-refractivity contribution in [3.05, 3.63) is 41.0 Å². The Bertz CT molecular complexity index is 2320. The number of carbonyl (C=O) groups is 2. The van der Waals surface area contributed by atoms with Gasteiger partial charge in [0.2, 0.25) is 0 Å². The Morgan fingerprint density at radius 3 is 2.25 bits per heavy atom. The van der Waals surface area contributed by atoms with E-state index >= 15 is 26.3 Å². The van der Waals surface area contributed by atoms with E-state index < -0.39 is 99.3 Å². The topological polar surface area (TPSA) is 139 Å². The number of halogens is 6. The lowest BCUT2D eigenvalue weighted by molar-refractivity contribution is -0.147. The molecule has 0 saturated carbocycles. The van der Waals surface area contributed by atoms with Gasteiger partial charge in [0.25, 0.3) is 0 Å². The highest BCUT2D eigenvalue weighted by Gasteiger charge is 2.46. The van der Waals surface area contributed by atoms with Crippen LogP contribution in [0.25, 0.3) is 32.1 Å². The number of amides is 2. The summed E-state index contributed by atoms with van der Waals surface area (Å²) in [6.45, 7) is 8.92. The highest BCUT2D eigenvalue weighted by atomic mass is 32.1. The largest absolute Gasteiger partial charge is 0.460 e. The second-order valence-corrected chi connectivity index (χ2v) is 17.3. The Morgan fingerprint density at radius 2 is 1.68 bits per heavy atom. The number of nitrogens with zero attached hydrogens (tertiary/aromatic N) is 5. The Kier molecular flexibility index (Phi) is 9.91. The minimum absolute atomic E-state index is 0.0827. The van der Waals surface area contributed by atoms with Gasteiger partial charge in [-0.3, -0.25) is 10.2 Å². The maximum atomic E-state index is 17.3. The summed E-state index contributed by atoms with van der Waals surface area (Å²) in [5.74, 6) is -2.59. The smallest absolute Gasteiger partial charge is 0.417 e. The number of alkyl halides is 4. The molecule has 0 aliphatic carbocycles. The van der Waals surface area contributed by atoms with E-state index in [4.69, 9.17) is 18.9 Å². The molecule has 3 aliphatic rings. The van der Waals surface area contributed by atoms with Crippen LogP contribution in [0.2, 0.25) is 0 Å². The van der Waals surface area contributed by atoms with Gasteiger partial charge < -0.3 is 23.8 Å². The SMILES string of the molecule is CC(C)(C)OC(=O)Nc1sc2c(F)ccc(-c3c(C(F)(F)F)cc4c(N5CC6CCC(C5)N6C(=O)OC(C)(C)C)nc(OCC5(F)COC5)nc4c3F)c2c1C#N. The molecule has 304 valence electrons. The number of aromatic nitrogens is 2. The van der Waals surface area contributed by atoms with Crippen molar-refractivity contribution in [1.82, 2.24) is 14.9 Å². The van der Waals surface area contributed by atoms with E-state index in [9.17, 15) is 14.9 Å². The number of hydrogen-bond donors (Lipinski definition) is 1. The molecule has 2 bridgehead atoms. The maximum absolute atomic E-state index is 17.3. The molecule has 19 heteroatoms. The molecular formula is C38H38F6N6O6S. The lowest BCUT2D eigenvalue weighted by Gasteiger charge is -2.42. The predicted molar refractivity (Wildman–Crippen MR) is 197 cm³/mol. The third-order valence-electron chi connectivity index (χ3n) is 9.55. The lowest BCUT2D eigenvalue weighted by Crippen LogP contribution is -2.57. The summed E-state index contributed by atoms with van der Waals surface area (Å²) in [5.41, 5.74) is -7.76. The minimum atomic E-state index is -5.22. The number of anilines is 2. The first-order valence-electron chi connectivity index (χ1n) is 18.0. The minimum Gasteiger partial charge on any atom is -0.460 e. The monoisotopic (exact) mass is 820 g/mol. The standard InChI is InChI=1S/C38H38F6N6O6S/c1-35(2,3)55-33(51)48-31-22(12-45)25-20(9-10-24(39)29(25)57-31)26-23(38(42,43)44)11-21-28(27(26)40)46-32(54-17-37(41)15-53-16-37)47-30(21)49-13-18-7-8-19(14-49)50(18)34(52)56-36(4,5)6/h9-11,18-19H,7-8,13-17H2,1-6H3,(H,48,51). The second kappa shape index (κ2) is 14.1. The quantitative estimate of drug-likeness (QED) is 0.188. The van der Waals surface area contributed by atoms with Crippen LogP contribution in [0.4, 0.5) is 46.8 Å². The molecule has 3 aliphatic heterocycles. The molecule has 57 heavy (non-hydrogen) atoms. The predicted octanol–water partition coefficient (Wildman–Crippen LogP) is 8.73. The first kappa shape index (κ1) is 40.1. The van der Waals surface area contributed by atoms with Gasteiger partial charge in [0.15, 0.2) is 11.5 Å². The Hall–Kier alpha value is -5.09. The van der Waals surface area contributed by atoms with Crippen LogP contribution < -0.4 is 15.0 Å². The van der Waals surface area contributed by atoms with Gasteiger partial charge >= 0.3 is 24.4 Å². The fourth-order valence-electron chi connectivity index (χ4n) is 7.24. The maximum Gasteiger partial charge on any atom is 0.417 e. The zero-order chi connectivity index (χ0) is 41.4. The zero-order valence-electron chi connectivity index (χ0n) is 31.7. The molecule has 2 aromatic carbocycles.